The number of nitrogens with zero attached hydrogens (tertiary/aromatic N) is 1. The number of thiophene rings is 1. The molecule has 0 aliphatic carbocycles. The van der Waals surface area contributed by atoms with E-state index in [-0.39, 0.29) is 11.9 Å². The molecule has 31 heavy (non-hydrogen) atoms. The molecule has 1 amide bonds. The van der Waals surface area contributed by atoms with Crippen molar-refractivity contribution in [3.05, 3.63) is 87.3 Å². The van der Waals surface area contributed by atoms with E-state index in [0.717, 1.165) is 35.5 Å². The van der Waals surface area contributed by atoms with E-state index in [9.17, 15) is 4.79 Å². The van der Waals surface area contributed by atoms with Crippen molar-refractivity contribution in [2.24, 2.45) is 5.92 Å². The number of halogens is 1. The average molecular weight is 453 g/mol. The number of likely N-dealkylation sites (tertiary alicyclic amines) is 1. The van der Waals surface area contributed by atoms with Crippen molar-refractivity contribution >= 4 is 33.8 Å². The van der Waals surface area contributed by atoms with E-state index in [1.165, 1.54) is 28.8 Å². The number of piperidine rings is 1. The highest BCUT2D eigenvalue weighted by Gasteiger charge is 2.29. The summed E-state index contributed by atoms with van der Waals surface area (Å²) in [4.78, 5) is 16.8. The minimum Gasteiger partial charge on any atom is -0.313 e. The van der Waals surface area contributed by atoms with Gasteiger partial charge in [0.05, 0.1) is 6.04 Å². The predicted molar refractivity (Wildman–Crippen MR) is 131 cm³/mol. The molecule has 0 bridgehead atoms. The van der Waals surface area contributed by atoms with Crippen LogP contribution in [-0.2, 0) is 6.42 Å². The van der Waals surface area contributed by atoms with Crippen LogP contribution in [0.4, 0.5) is 5.00 Å². The van der Waals surface area contributed by atoms with E-state index in [1.54, 1.807) is 11.3 Å². The second-order valence-electron chi connectivity index (χ2n) is 8.34. The smallest absolute Gasteiger partial charge is 0.256 e. The third kappa shape index (κ3) is 5.20. The first-order valence-corrected chi connectivity index (χ1v) is 12.2. The maximum absolute atomic E-state index is 13.0. The number of amides is 1. The van der Waals surface area contributed by atoms with Crippen molar-refractivity contribution in [3.8, 4) is 0 Å². The van der Waals surface area contributed by atoms with E-state index >= 15 is 0 Å². The highest BCUT2D eigenvalue weighted by molar-refractivity contribution is 7.16. The molecule has 1 aromatic heterocycles. The van der Waals surface area contributed by atoms with Crippen LogP contribution in [0.3, 0.4) is 0 Å². The fourth-order valence-electron chi connectivity index (χ4n) is 4.22. The normalized spacial score (nSPS) is 16.2. The minimum atomic E-state index is -0.0616. The van der Waals surface area contributed by atoms with Crippen molar-refractivity contribution in [3.63, 3.8) is 0 Å². The molecule has 1 atom stereocenters. The average Bonchev–Trinajstić information content (AvgIpc) is 3.19. The van der Waals surface area contributed by atoms with Crippen LogP contribution in [-0.4, -0.2) is 23.9 Å². The van der Waals surface area contributed by atoms with Crippen molar-refractivity contribution in [1.29, 1.82) is 0 Å². The van der Waals surface area contributed by atoms with Gasteiger partial charge >= 0.3 is 0 Å². The topological polar surface area (TPSA) is 32.3 Å². The number of benzene rings is 2. The molecule has 162 valence electrons. The Labute approximate surface area is 194 Å². The summed E-state index contributed by atoms with van der Waals surface area (Å²) >= 11 is 7.88. The number of anilines is 1. The lowest BCUT2D eigenvalue weighted by Crippen LogP contribution is -2.37. The maximum atomic E-state index is 13.0. The minimum absolute atomic E-state index is 0.0616. The van der Waals surface area contributed by atoms with E-state index in [2.05, 4.69) is 42.3 Å². The second-order valence-corrected chi connectivity index (χ2v) is 9.92. The van der Waals surface area contributed by atoms with Gasteiger partial charge in [0.2, 0.25) is 0 Å². The van der Waals surface area contributed by atoms with E-state index < -0.39 is 0 Å². The van der Waals surface area contributed by atoms with Crippen molar-refractivity contribution in [2.75, 3.05) is 18.4 Å². The molecular weight excluding hydrogens is 424 g/mol. The quantitative estimate of drug-likeness (QED) is 0.435. The van der Waals surface area contributed by atoms with E-state index in [1.807, 2.05) is 42.5 Å². The number of carbonyl (C=O) groups is 1. The Morgan fingerprint density at radius 3 is 2.45 bits per heavy atom. The van der Waals surface area contributed by atoms with Gasteiger partial charge in [-0.05, 0) is 74.2 Å². The second kappa shape index (κ2) is 9.99. The highest BCUT2D eigenvalue weighted by atomic mass is 35.5. The van der Waals surface area contributed by atoms with Crippen LogP contribution in [0.1, 0.15) is 59.1 Å². The van der Waals surface area contributed by atoms with Gasteiger partial charge in [-0.1, -0.05) is 55.8 Å². The molecule has 1 aliphatic heterocycles. The van der Waals surface area contributed by atoms with E-state index in [0.29, 0.717) is 5.56 Å². The Morgan fingerprint density at radius 2 is 1.81 bits per heavy atom. The Hall–Kier alpha value is -2.14. The summed E-state index contributed by atoms with van der Waals surface area (Å²) in [5.41, 5.74) is 3.08. The number of carbonyl (C=O) groups excluding carboxylic acids is 1. The summed E-state index contributed by atoms with van der Waals surface area (Å²) in [6.45, 7) is 6.61. The Kier molecular flexibility index (Phi) is 7.11. The molecule has 3 aromatic rings. The van der Waals surface area contributed by atoms with Crippen LogP contribution in [0.5, 0.6) is 0 Å². The summed E-state index contributed by atoms with van der Waals surface area (Å²) in [6.07, 6.45) is 3.34. The maximum Gasteiger partial charge on any atom is 0.256 e. The van der Waals surface area contributed by atoms with Gasteiger partial charge in [-0.25, -0.2) is 0 Å². The van der Waals surface area contributed by atoms with Crippen LogP contribution < -0.4 is 5.32 Å². The van der Waals surface area contributed by atoms with Gasteiger partial charge in [0.25, 0.3) is 5.91 Å². The summed E-state index contributed by atoms with van der Waals surface area (Å²) in [5, 5.41) is 4.91. The molecule has 0 radical (unpaired) electrons. The fourth-order valence-corrected chi connectivity index (χ4v) is 5.37. The Morgan fingerprint density at radius 1 is 1.13 bits per heavy atom. The molecule has 1 N–H and O–H groups in total. The molecule has 1 aliphatic rings. The molecule has 1 saturated heterocycles. The number of nitrogens with one attached hydrogen (secondary N) is 1. The van der Waals surface area contributed by atoms with Gasteiger partial charge in [-0.15, -0.1) is 11.3 Å². The zero-order valence-electron chi connectivity index (χ0n) is 18.1. The van der Waals surface area contributed by atoms with Gasteiger partial charge in [-0.3, -0.25) is 9.69 Å². The summed E-state index contributed by atoms with van der Waals surface area (Å²) < 4.78 is 0. The van der Waals surface area contributed by atoms with Gasteiger partial charge in [0, 0.05) is 21.0 Å². The molecule has 3 nitrogen and oxygen atoms in total. The zero-order valence-corrected chi connectivity index (χ0v) is 19.7. The number of aryl methyl sites for hydroxylation is 1. The summed E-state index contributed by atoms with van der Waals surface area (Å²) in [6, 6.07) is 20.0. The third-order valence-corrected chi connectivity index (χ3v) is 7.55. The number of hydrogen-bond donors (Lipinski definition) is 1. The standard InChI is InChI=1S/C26H29ClN2OS/c1-3-22-17-23(26(31-22)28-25(30)20-7-5-4-6-8-20)24(19-9-11-21(27)12-10-19)29-15-13-18(2)14-16-29/h4-12,17-18,24H,3,13-16H2,1-2H3,(H,28,30)/t24-/m1/s1. The highest BCUT2D eigenvalue weighted by Crippen LogP contribution is 2.41. The van der Waals surface area contributed by atoms with Crippen LogP contribution in [0.2, 0.25) is 5.02 Å². The van der Waals surface area contributed by atoms with Crippen molar-refractivity contribution in [2.45, 2.75) is 39.2 Å². The fraction of sp³-hybridized carbons (Fsp3) is 0.346. The van der Waals surface area contributed by atoms with Gasteiger partial charge in [-0.2, -0.15) is 0 Å². The number of rotatable bonds is 6. The van der Waals surface area contributed by atoms with E-state index in [4.69, 9.17) is 11.6 Å². The monoisotopic (exact) mass is 452 g/mol. The van der Waals surface area contributed by atoms with Crippen molar-refractivity contribution < 1.29 is 4.79 Å². The zero-order chi connectivity index (χ0) is 21.8. The molecule has 0 unspecified atom stereocenters. The lowest BCUT2D eigenvalue weighted by molar-refractivity contribution is 0.102. The molecule has 0 saturated carbocycles. The summed E-state index contributed by atoms with van der Waals surface area (Å²) in [7, 11) is 0. The van der Waals surface area contributed by atoms with Gasteiger partial charge < -0.3 is 5.32 Å². The summed E-state index contributed by atoms with van der Waals surface area (Å²) in [5.74, 6) is 0.696. The van der Waals surface area contributed by atoms with Crippen LogP contribution >= 0.6 is 22.9 Å². The van der Waals surface area contributed by atoms with Crippen LogP contribution in [0.25, 0.3) is 0 Å². The van der Waals surface area contributed by atoms with Gasteiger partial charge in [0.15, 0.2) is 0 Å². The molecule has 0 spiro atoms. The van der Waals surface area contributed by atoms with Crippen LogP contribution in [0.15, 0.2) is 60.7 Å². The van der Waals surface area contributed by atoms with Gasteiger partial charge in [0.1, 0.15) is 5.00 Å². The SMILES string of the molecule is CCc1cc([C@@H](c2ccc(Cl)cc2)N2CCC(C)CC2)c(NC(=O)c2ccccc2)s1. The van der Waals surface area contributed by atoms with Crippen LogP contribution in [0, 0.1) is 5.92 Å². The molecule has 5 heteroatoms. The first-order chi connectivity index (χ1) is 15.0. The lowest BCUT2D eigenvalue weighted by Gasteiger charge is -2.37. The lowest BCUT2D eigenvalue weighted by atomic mass is 9.92. The largest absolute Gasteiger partial charge is 0.313 e. The number of hydrogen-bond acceptors (Lipinski definition) is 3. The predicted octanol–water partition coefficient (Wildman–Crippen LogP) is 7.04. The van der Waals surface area contributed by atoms with Crippen molar-refractivity contribution in [1.82, 2.24) is 4.90 Å². The Bertz CT molecular complexity index is 1010. The molecular formula is C26H29ClN2OS. The first kappa shape index (κ1) is 22.1. The first-order valence-electron chi connectivity index (χ1n) is 11.0. The molecule has 1 fully saturated rings. The third-order valence-electron chi connectivity index (χ3n) is 6.09. The molecule has 4 rings (SSSR count). The molecule has 2 heterocycles. The Balaban J connectivity index is 1.72. The molecule has 2 aromatic carbocycles.